The molecule has 0 aromatic heterocycles. The summed E-state index contributed by atoms with van der Waals surface area (Å²) in [5.41, 5.74) is 0. The molecule has 22 nitrogen and oxygen atoms in total. The van der Waals surface area contributed by atoms with Gasteiger partial charge < -0.3 is 68.1 Å². The van der Waals surface area contributed by atoms with Crippen LogP contribution in [0.1, 0.15) is 70.6 Å². The normalized spacial score (nSPS) is 12.7. The molecule has 0 bridgehead atoms. The lowest BCUT2D eigenvalue weighted by atomic mass is 10.2. The van der Waals surface area contributed by atoms with Gasteiger partial charge in [0.2, 0.25) is 11.8 Å². The molecule has 0 saturated heterocycles. The maximum atomic E-state index is 12.6. The number of amides is 2. The van der Waals surface area contributed by atoms with Crippen LogP contribution in [0.4, 0.5) is 0 Å². The minimum absolute atomic E-state index is 0.0822. The van der Waals surface area contributed by atoms with E-state index in [1.165, 1.54) is 63.3 Å². The van der Waals surface area contributed by atoms with Gasteiger partial charge in [-0.3, -0.25) is 37.6 Å². The van der Waals surface area contributed by atoms with Crippen LogP contribution in [-0.4, -0.2) is 182 Å². The van der Waals surface area contributed by atoms with E-state index < -0.39 is 30.4 Å². The average Bonchev–Trinajstić information content (AvgIpc) is 3.28. The first kappa shape index (κ1) is 62.3. The molecule has 376 valence electrons. The Balaban J connectivity index is 3.76. The number of carbonyl (C=O) groups is 2. The van der Waals surface area contributed by atoms with Crippen LogP contribution in [0.15, 0.2) is 0 Å². The zero-order valence-electron chi connectivity index (χ0n) is 39.5. The molecule has 0 aliphatic heterocycles. The molecule has 63 heavy (non-hydrogen) atoms. The summed E-state index contributed by atoms with van der Waals surface area (Å²) >= 11 is 0. The molecule has 0 aromatic carbocycles. The van der Waals surface area contributed by atoms with Gasteiger partial charge in [-0.2, -0.15) is 0 Å². The fourth-order valence-electron chi connectivity index (χ4n) is 5.95. The second kappa shape index (κ2) is 38.3. The van der Waals surface area contributed by atoms with Crippen molar-refractivity contribution in [2.45, 2.75) is 70.6 Å². The Bertz CT molecular complexity index is 1190. The zero-order valence-corrected chi connectivity index (χ0v) is 43.1. The fourth-order valence-corrected chi connectivity index (χ4v) is 10.7. The second-order valence-electron chi connectivity index (χ2n) is 14.6. The van der Waals surface area contributed by atoms with Gasteiger partial charge in [-0.1, -0.05) is 6.42 Å². The van der Waals surface area contributed by atoms with E-state index in [4.69, 9.17) is 36.2 Å². The van der Waals surface area contributed by atoms with E-state index in [2.05, 4.69) is 31.9 Å². The predicted octanol–water partition coefficient (Wildman–Crippen LogP) is 4.25. The van der Waals surface area contributed by atoms with Gasteiger partial charge in [0.25, 0.3) is 0 Å². The zero-order chi connectivity index (χ0) is 47.3. The Kier molecular flexibility index (Phi) is 37.9. The standard InChI is InChI=1S/C37H84N8O14P4/c1-52-60(48,53-2)32-44(33-61(49,54-3)55-4)30-12-18-36(46)42-28-16-26-40-24-14-22-38-20-10-9-11-21-39-23-15-25-41-27-17-29-43-37(47)19-13-31-45(34-62(50,56-5)57-6)35-63(51,58-7)59-8/h38-41H,9-35H2,1-8H3,(H,42,46)(H,43,47). The quantitative estimate of drug-likeness (QED) is 0.0368. The summed E-state index contributed by atoms with van der Waals surface area (Å²) in [4.78, 5) is 27.9. The van der Waals surface area contributed by atoms with Crippen LogP contribution in [0.3, 0.4) is 0 Å². The summed E-state index contributed by atoms with van der Waals surface area (Å²) in [6.07, 6.45) is 8.14. The third-order valence-electron chi connectivity index (χ3n) is 9.80. The molecule has 6 N–H and O–H groups in total. The summed E-state index contributed by atoms with van der Waals surface area (Å²) in [7, 11) is -3.35. The molecule has 0 aliphatic carbocycles. The highest BCUT2D eigenvalue weighted by Crippen LogP contribution is 2.52. The highest BCUT2D eigenvalue weighted by molar-refractivity contribution is 7.55. The molecule has 2 amide bonds. The maximum Gasteiger partial charge on any atom is 0.344 e. The molecule has 0 fully saturated rings. The van der Waals surface area contributed by atoms with Crippen LogP contribution in [-0.2, 0) is 64.0 Å². The Morgan fingerprint density at radius 3 is 0.841 bits per heavy atom. The van der Waals surface area contributed by atoms with E-state index in [0.717, 1.165) is 90.9 Å². The van der Waals surface area contributed by atoms with Crippen molar-refractivity contribution in [2.75, 3.05) is 161 Å². The van der Waals surface area contributed by atoms with Gasteiger partial charge in [-0.05, 0) is 117 Å². The van der Waals surface area contributed by atoms with E-state index in [-0.39, 0.29) is 49.8 Å². The first-order chi connectivity index (χ1) is 30.1. The lowest BCUT2D eigenvalue weighted by Gasteiger charge is -2.27. The van der Waals surface area contributed by atoms with Crippen LogP contribution in [0.25, 0.3) is 0 Å². The molecule has 0 rings (SSSR count). The number of unbranched alkanes of at least 4 members (excludes halogenated alkanes) is 2. The summed E-state index contributed by atoms with van der Waals surface area (Å²) < 4.78 is 90.7. The Hall–Kier alpha value is -0.700. The topological polar surface area (TPSA) is 255 Å². The van der Waals surface area contributed by atoms with Gasteiger partial charge in [0.05, 0.1) is 0 Å². The molecule has 0 spiro atoms. The third-order valence-corrected chi connectivity index (χ3v) is 17.2. The van der Waals surface area contributed by atoms with Gasteiger partial charge >= 0.3 is 30.4 Å². The van der Waals surface area contributed by atoms with Crippen LogP contribution in [0.5, 0.6) is 0 Å². The molecule has 0 aliphatic rings. The summed E-state index contributed by atoms with van der Waals surface area (Å²) in [5, 5.41) is 19.7. The molecule has 0 unspecified atom stereocenters. The molecule has 0 heterocycles. The maximum absolute atomic E-state index is 12.6. The van der Waals surface area contributed by atoms with Crippen molar-refractivity contribution in [3.63, 3.8) is 0 Å². The Labute approximate surface area is 378 Å². The third kappa shape index (κ3) is 32.6. The fraction of sp³-hybridized carbons (Fsp3) is 0.946. The van der Waals surface area contributed by atoms with Crippen LogP contribution >= 0.6 is 30.4 Å². The molecular weight excluding hydrogens is 904 g/mol. The van der Waals surface area contributed by atoms with Crippen molar-refractivity contribution in [1.29, 1.82) is 0 Å². The van der Waals surface area contributed by atoms with Gasteiger partial charge in [0.1, 0.15) is 25.1 Å². The smallest absolute Gasteiger partial charge is 0.344 e. The number of carbonyl (C=O) groups excluding carboxylic acids is 2. The van der Waals surface area contributed by atoms with Crippen LogP contribution in [0.2, 0.25) is 0 Å². The van der Waals surface area contributed by atoms with E-state index >= 15 is 0 Å². The average molecular weight is 989 g/mol. The Morgan fingerprint density at radius 2 is 0.587 bits per heavy atom. The first-order valence-electron chi connectivity index (χ1n) is 21.8. The molecule has 0 radical (unpaired) electrons. The van der Waals surface area contributed by atoms with E-state index in [9.17, 15) is 27.8 Å². The summed E-state index contributed by atoms with van der Waals surface area (Å²) in [6, 6.07) is 0. The first-order valence-corrected chi connectivity index (χ1v) is 28.7. The minimum atomic E-state index is -3.41. The minimum Gasteiger partial charge on any atom is -0.356 e. The number of hydrogen-bond donors (Lipinski definition) is 6. The number of hydrogen-bond acceptors (Lipinski definition) is 20. The van der Waals surface area contributed by atoms with Gasteiger partial charge in [0.15, 0.2) is 0 Å². The molecular formula is C37H84N8O14P4. The molecule has 0 atom stereocenters. The van der Waals surface area contributed by atoms with E-state index in [0.29, 0.717) is 39.0 Å². The number of nitrogens with zero attached hydrogens (tertiary/aromatic N) is 2. The van der Waals surface area contributed by atoms with Gasteiger partial charge in [-0.25, -0.2) is 0 Å². The van der Waals surface area contributed by atoms with Gasteiger partial charge in [-0.15, -0.1) is 0 Å². The summed E-state index contributed by atoms with van der Waals surface area (Å²) in [6.45, 7) is 9.15. The van der Waals surface area contributed by atoms with Crippen molar-refractivity contribution in [3.05, 3.63) is 0 Å². The van der Waals surface area contributed by atoms with E-state index in [1.807, 2.05) is 0 Å². The highest BCUT2D eigenvalue weighted by atomic mass is 31.2. The number of rotatable bonds is 46. The lowest BCUT2D eigenvalue weighted by Crippen LogP contribution is -2.31. The van der Waals surface area contributed by atoms with Crippen molar-refractivity contribution < 1.29 is 64.0 Å². The molecule has 26 heteroatoms. The number of nitrogens with one attached hydrogen (secondary N) is 6. The predicted molar refractivity (Wildman–Crippen MR) is 248 cm³/mol. The second-order valence-corrected chi connectivity index (χ2v) is 23.6. The van der Waals surface area contributed by atoms with Crippen molar-refractivity contribution >= 4 is 42.2 Å². The SMILES string of the molecule is COP(=O)(CN(CCCC(=O)NCCCNCCCNCCCCCNCCCNCCCNC(=O)CCCN(CP(=O)(OC)OC)CP(=O)(OC)OC)CP(=O)(OC)OC)OC. The molecule has 0 aromatic rings. The lowest BCUT2D eigenvalue weighted by molar-refractivity contribution is -0.122. The van der Waals surface area contributed by atoms with Crippen molar-refractivity contribution in [3.8, 4) is 0 Å². The Morgan fingerprint density at radius 1 is 0.349 bits per heavy atom. The van der Waals surface area contributed by atoms with Crippen molar-refractivity contribution in [2.24, 2.45) is 0 Å². The highest BCUT2D eigenvalue weighted by Gasteiger charge is 2.33. The van der Waals surface area contributed by atoms with Crippen LogP contribution in [0, 0.1) is 0 Å². The van der Waals surface area contributed by atoms with E-state index in [1.54, 1.807) is 9.80 Å². The monoisotopic (exact) mass is 989 g/mol. The largest absolute Gasteiger partial charge is 0.356 e. The molecule has 0 saturated carbocycles. The van der Waals surface area contributed by atoms with Crippen LogP contribution < -0.4 is 31.9 Å². The summed E-state index contributed by atoms with van der Waals surface area (Å²) in [5.74, 6) is -0.164. The van der Waals surface area contributed by atoms with Crippen molar-refractivity contribution in [1.82, 2.24) is 41.7 Å². The van der Waals surface area contributed by atoms with Gasteiger partial charge in [0, 0.05) is 82.8 Å².